The topological polar surface area (TPSA) is 110 Å². The Hall–Kier alpha value is -4.51. The van der Waals surface area contributed by atoms with Crippen LogP contribution >= 0.6 is 0 Å². The Kier molecular flexibility index (Phi) is 9.97. The van der Waals surface area contributed by atoms with Crippen LogP contribution in [0.4, 0.5) is 24.5 Å². The molecule has 0 radical (unpaired) electrons. The average molecular weight is 596 g/mol. The molecule has 3 aromatic carbocycles. The highest BCUT2D eigenvalue weighted by Crippen LogP contribution is 2.40. The molecule has 1 aliphatic rings. The van der Waals surface area contributed by atoms with Gasteiger partial charge in [0.2, 0.25) is 0 Å². The minimum atomic E-state index is -5.37. The number of amides is 2. The maximum atomic E-state index is 14.5. The van der Waals surface area contributed by atoms with Crippen molar-refractivity contribution in [3.63, 3.8) is 0 Å². The molecule has 1 aliphatic heterocycles. The largest absolute Gasteiger partial charge is 0.491 e. The molecule has 226 valence electrons. The number of hydrogen-bond donors (Lipinski definition) is 1. The van der Waals surface area contributed by atoms with Gasteiger partial charge in [-0.15, -0.1) is 0 Å². The Labute approximate surface area is 247 Å². The Morgan fingerprint density at radius 3 is 2.21 bits per heavy atom. The van der Waals surface area contributed by atoms with Gasteiger partial charge in [-0.25, -0.2) is 4.79 Å². The molecule has 0 bridgehead atoms. The van der Waals surface area contributed by atoms with Crippen LogP contribution in [0.2, 0.25) is 0 Å². The number of para-hydroxylation sites is 1. The molecule has 2 unspecified atom stereocenters. The maximum Gasteiger partial charge on any atom is 0.491 e. The number of aryl methyl sites for hydroxylation is 1. The molecule has 0 aliphatic carbocycles. The second-order valence-electron chi connectivity index (χ2n) is 10.3. The molecule has 2 amide bonds. The summed E-state index contributed by atoms with van der Waals surface area (Å²) in [6.45, 7) is 2.00. The Morgan fingerprint density at radius 1 is 0.930 bits per heavy atom. The van der Waals surface area contributed by atoms with Gasteiger partial charge in [0.1, 0.15) is 6.04 Å². The van der Waals surface area contributed by atoms with Crippen molar-refractivity contribution in [1.82, 2.24) is 4.90 Å². The molecule has 0 aromatic heterocycles. The van der Waals surface area contributed by atoms with Crippen LogP contribution in [-0.4, -0.2) is 47.4 Å². The van der Waals surface area contributed by atoms with Gasteiger partial charge >= 0.3 is 18.1 Å². The lowest BCUT2D eigenvalue weighted by Crippen LogP contribution is -2.46. The monoisotopic (exact) mass is 595 g/mol. The van der Waals surface area contributed by atoms with Gasteiger partial charge in [0.25, 0.3) is 11.8 Å². The summed E-state index contributed by atoms with van der Waals surface area (Å²) in [4.78, 5) is 55.3. The average Bonchev–Trinajstić information content (AvgIpc) is 3.07. The van der Waals surface area contributed by atoms with Gasteiger partial charge in [-0.1, -0.05) is 61.0 Å². The number of hydrogen-bond acceptors (Lipinski definition) is 6. The fourth-order valence-electron chi connectivity index (χ4n) is 5.15. The molecule has 1 heterocycles. The van der Waals surface area contributed by atoms with E-state index in [9.17, 15) is 32.3 Å². The van der Waals surface area contributed by atoms with E-state index in [-0.39, 0.29) is 5.56 Å². The molecule has 0 spiro atoms. The number of anilines is 2. The van der Waals surface area contributed by atoms with E-state index in [0.717, 1.165) is 24.8 Å². The number of ether oxygens (including phenoxy) is 1. The third kappa shape index (κ3) is 7.29. The number of fused-ring (bicyclic) bond motifs is 1. The van der Waals surface area contributed by atoms with Gasteiger partial charge in [-0.2, -0.15) is 13.2 Å². The first-order valence-corrected chi connectivity index (χ1v) is 13.9. The summed E-state index contributed by atoms with van der Waals surface area (Å²) in [5.41, 5.74) is 7.92. The van der Waals surface area contributed by atoms with Gasteiger partial charge < -0.3 is 15.4 Å². The molecular formula is C32H32F3N3O5. The SMILES string of the molecule is CC(CC(=O)OC(=O)C(F)(F)F)N1C(=O)c2cc(CCCCCN)ccc2N(c2ccccc2)C(=O)C1c1ccccc1. The van der Waals surface area contributed by atoms with E-state index < -0.39 is 48.4 Å². The molecule has 11 heteroatoms. The third-order valence-corrected chi connectivity index (χ3v) is 7.17. The van der Waals surface area contributed by atoms with Crippen molar-refractivity contribution in [2.75, 3.05) is 11.4 Å². The summed E-state index contributed by atoms with van der Waals surface area (Å²) in [6.07, 6.45) is -2.88. The molecule has 0 saturated carbocycles. The van der Waals surface area contributed by atoms with Crippen molar-refractivity contribution >= 4 is 35.1 Å². The van der Waals surface area contributed by atoms with Gasteiger partial charge in [-0.05, 0) is 68.1 Å². The lowest BCUT2D eigenvalue weighted by atomic mass is 10.00. The first-order chi connectivity index (χ1) is 20.5. The zero-order valence-corrected chi connectivity index (χ0v) is 23.5. The third-order valence-electron chi connectivity index (χ3n) is 7.17. The predicted octanol–water partition coefficient (Wildman–Crippen LogP) is 5.63. The van der Waals surface area contributed by atoms with Crippen LogP contribution in [0.5, 0.6) is 0 Å². The number of nitrogens with zero attached hydrogens (tertiary/aromatic N) is 2. The van der Waals surface area contributed by atoms with E-state index in [4.69, 9.17) is 5.73 Å². The minimum absolute atomic E-state index is 0.193. The summed E-state index contributed by atoms with van der Waals surface area (Å²) in [6, 6.07) is 20.1. The highest BCUT2D eigenvalue weighted by molar-refractivity contribution is 6.14. The zero-order chi connectivity index (χ0) is 31.1. The molecule has 0 saturated heterocycles. The van der Waals surface area contributed by atoms with Crippen molar-refractivity contribution < 1.29 is 37.1 Å². The lowest BCUT2D eigenvalue weighted by molar-refractivity contribution is -0.202. The molecule has 4 rings (SSSR count). The van der Waals surface area contributed by atoms with Crippen molar-refractivity contribution in [2.24, 2.45) is 5.73 Å². The number of benzene rings is 3. The van der Waals surface area contributed by atoms with Gasteiger partial charge in [0.05, 0.1) is 17.7 Å². The van der Waals surface area contributed by atoms with Crippen LogP contribution in [0.1, 0.15) is 60.1 Å². The Morgan fingerprint density at radius 2 is 1.58 bits per heavy atom. The molecular weight excluding hydrogens is 563 g/mol. The van der Waals surface area contributed by atoms with Crippen molar-refractivity contribution in [1.29, 1.82) is 0 Å². The number of carbonyl (C=O) groups excluding carboxylic acids is 4. The number of nitrogens with two attached hydrogens (primary N) is 1. The lowest BCUT2D eigenvalue weighted by Gasteiger charge is -2.35. The van der Waals surface area contributed by atoms with Crippen LogP contribution in [0.25, 0.3) is 0 Å². The molecule has 8 nitrogen and oxygen atoms in total. The second kappa shape index (κ2) is 13.6. The van der Waals surface area contributed by atoms with Crippen molar-refractivity contribution in [3.05, 3.63) is 95.6 Å². The molecule has 3 aromatic rings. The number of esters is 2. The van der Waals surface area contributed by atoms with Crippen LogP contribution in [0.3, 0.4) is 0 Å². The number of rotatable bonds is 10. The number of unbranched alkanes of at least 4 members (excludes halogenated alkanes) is 2. The van der Waals surface area contributed by atoms with Crippen molar-refractivity contribution in [3.8, 4) is 0 Å². The zero-order valence-electron chi connectivity index (χ0n) is 23.5. The Bertz CT molecular complexity index is 1460. The quantitative estimate of drug-likeness (QED) is 0.185. The summed E-state index contributed by atoms with van der Waals surface area (Å²) < 4.78 is 42.2. The summed E-state index contributed by atoms with van der Waals surface area (Å²) in [7, 11) is 0. The fourth-order valence-corrected chi connectivity index (χ4v) is 5.15. The summed E-state index contributed by atoms with van der Waals surface area (Å²) in [5, 5.41) is 0. The van der Waals surface area contributed by atoms with Crippen LogP contribution in [-0.2, 0) is 25.5 Å². The van der Waals surface area contributed by atoms with Crippen LogP contribution in [0.15, 0.2) is 78.9 Å². The van der Waals surface area contributed by atoms with E-state index in [1.165, 1.54) is 16.7 Å². The standard InChI is InChI=1S/C32H32F3N3O5/c1-21(19-27(39)43-31(42)32(33,34)35)37-28(23-12-6-2-7-13-23)30(41)38(24-14-8-3-9-15-24)26-17-16-22(11-5-4-10-18-36)20-25(26)29(37)40/h2-3,6-9,12-17,20-21,28H,4-5,10-11,18-19,36H2,1H3. The molecule has 0 fully saturated rings. The number of alkyl halides is 3. The van der Waals surface area contributed by atoms with E-state index >= 15 is 0 Å². The molecule has 43 heavy (non-hydrogen) atoms. The Balaban J connectivity index is 1.82. The van der Waals surface area contributed by atoms with Crippen LogP contribution < -0.4 is 10.6 Å². The van der Waals surface area contributed by atoms with Crippen LogP contribution in [0, 0.1) is 0 Å². The van der Waals surface area contributed by atoms with Gasteiger partial charge in [0.15, 0.2) is 0 Å². The molecule has 2 N–H and O–H groups in total. The number of halogens is 3. The predicted molar refractivity (Wildman–Crippen MR) is 153 cm³/mol. The smallest absolute Gasteiger partial charge is 0.386 e. The fraction of sp³-hybridized carbons (Fsp3) is 0.312. The minimum Gasteiger partial charge on any atom is -0.386 e. The first-order valence-electron chi connectivity index (χ1n) is 13.9. The normalized spacial score (nSPS) is 16.0. The molecule has 2 atom stereocenters. The van der Waals surface area contributed by atoms with E-state index in [1.54, 1.807) is 72.8 Å². The first kappa shape index (κ1) is 31.4. The van der Waals surface area contributed by atoms with E-state index in [0.29, 0.717) is 29.9 Å². The van der Waals surface area contributed by atoms with E-state index in [2.05, 4.69) is 4.74 Å². The summed E-state index contributed by atoms with van der Waals surface area (Å²) in [5.74, 6) is -5.23. The summed E-state index contributed by atoms with van der Waals surface area (Å²) >= 11 is 0. The van der Waals surface area contributed by atoms with E-state index in [1.807, 2.05) is 6.07 Å². The number of carbonyl (C=O) groups is 4. The highest BCUT2D eigenvalue weighted by atomic mass is 19.4. The highest BCUT2D eigenvalue weighted by Gasteiger charge is 2.45. The maximum absolute atomic E-state index is 14.5. The second-order valence-corrected chi connectivity index (χ2v) is 10.3. The van der Waals surface area contributed by atoms with Gasteiger partial charge in [0, 0.05) is 11.7 Å². The van der Waals surface area contributed by atoms with Crippen molar-refractivity contribution in [2.45, 2.75) is 57.3 Å². The van der Waals surface area contributed by atoms with Gasteiger partial charge in [-0.3, -0.25) is 19.3 Å².